The number of hydrogen-bond acceptors (Lipinski definition) is 7. The zero-order valence-corrected chi connectivity index (χ0v) is 22.9. The van der Waals surface area contributed by atoms with Crippen molar-refractivity contribution in [2.45, 2.75) is 6.04 Å². The third-order valence-electron chi connectivity index (χ3n) is 6.28. The van der Waals surface area contributed by atoms with Crippen LogP contribution >= 0.6 is 23.2 Å². The molecule has 0 radical (unpaired) electrons. The minimum Gasteiger partial charge on any atom is -0.507 e. The second-order valence-electron chi connectivity index (χ2n) is 8.66. The van der Waals surface area contributed by atoms with Crippen molar-refractivity contribution in [2.24, 2.45) is 0 Å². The Morgan fingerprint density at radius 2 is 1.55 bits per heavy atom. The number of anilines is 2. The highest BCUT2D eigenvalue weighted by Crippen LogP contribution is 2.46. The average molecular weight is 557 g/mol. The van der Waals surface area contributed by atoms with E-state index in [0.717, 1.165) is 5.69 Å². The minimum absolute atomic E-state index is 0.0882. The molecule has 0 bridgehead atoms. The van der Waals surface area contributed by atoms with Gasteiger partial charge in [0.1, 0.15) is 11.5 Å². The molecule has 1 unspecified atom stereocenters. The zero-order valence-electron chi connectivity index (χ0n) is 21.4. The zero-order chi connectivity index (χ0) is 27.7. The van der Waals surface area contributed by atoms with Gasteiger partial charge in [-0.2, -0.15) is 0 Å². The van der Waals surface area contributed by atoms with Crippen molar-refractivity contribution in [1.82, 2.24) is 0 Å². The first-order chi connectivity index (χ1) is 18.1. The fourth-order valence-corrected chi connectivity index (χ4v) is 5.00. The van der Waals surface area contributed by atoms with E-state index in [2.05, 4.69) is 0 Å². The lowest BCUT2D eigenvalue weighted by Crippen LogP contribution is -2.29. The van der Waals surface area contributed by atoms with Crippen molar-refractivity contribution >= 4 is 52.0 Å². The largest absolute Gasteiger partial charge is 0.507 e. The van der Waals surface area contributed by atoms with Gasteiger partial charge in [0.15, 0.2) is 11.5 Å². The maximum Gasteiger partial charge on any atom is 0.300 e. The highest BCUT2D eigenvalue weighted by molar-refractivity contribution is 6.52. The number of ketones is 1. The van der Waals surface area contributed by atoms with E-state index in [1.807, 2.05) is 31.1 Å². The van der Waals surface area contributed by atoms with Gasteiger partial charge in [-0.05, 0) is 42.0 Å². The summed E-state index contributed by atoms with van der Waals surface area (Å²) in [7, 11) is 8.16. The monoisotopic (exact) mass is 556 g/mol. The third-order valence-corrected chi connectivity index (χ3v) is 6.78. The Balaban J connectivity index is 2.00. The van der Waals surface area contributed by atoms with Crippen molar-refractivity contribution in [3.8, 4) is 17.2 Å². The molecular formula is C28H26Cl2N2O6. The molecule has 198 valence electrons. The molecule has 0 saturated carbocycles. The van der Waals surface area contributed by atoms with E-state index in [1.54, 1.807) is 30.3 Å². The molecule has 1 saturated heterocycles. The first-order valence-electron chi connectivity index (χ1n) is 11.5. The summed E-state index contributed by atoms with van der Waals surface area (Å²) < 4.78 is 16.1. The molecule has 4 rings (SSSR count). The summed E-state index contributed by atoms with van der Waals surface area (Å²) in [6.45, 7) is 0. The van der Waals surface area contributed by atoms with E-state index >= 15 is 0 Å². The van der Waals surface area contributed by atoms with Crippen LogP contribution in [0.3, 0.4) is 0 Å². The molecule has 1 atom stereocenters. The van der Waals surface area contributed by atoms with E-state index in [-0.39, 0.29) is 26.9 Å². The summed E-state index contributed by atoms with van der Waals surface area (Å²) in [4.78, 5) is 30.3. The Morgan fingerprint density at radius 1 is 0.895 bits per heavy atom. The summed E-state index contributed by atoms with van der Waals surface area (Å²) in [6, 6.07) is 14.1. The fourth-order valence-electron chi connectivity index (χ4n) is 4.43. The topological polar surface area (TPSA) is 88.5 Å². The molecule has 3 aromatic rings. The number of methoxy groups -OCH3 is 3. The van der Waals surface area contributed by atoms with Crippen molar-refractivity contribution in [3.63, 3.8) is 0 Å². The van der Waals surface area contributed by atoms with Crippen LogP contribution in [0.4, 0.5) is 11.4 Å². The number of halogens is 2. The van der Waals surface area contributed by atoms with E-state index < -0.39 is 23.5 Å². The van der Waals surface area contributed by atoms with Gasteiger partial charge in [-0.1, -0.05) is 35.3 Å². The van der Waals surface area contributed by atoms with Gasteiger partial charge >= 0.3 is 0 Å². The fraction of sp³-hybridized carbons (Fsp3) is 0.214. The quantitative estimate of drug-likeness (QED) is 0.226. The van der Waals surface area contributed by atoms with Crippen LogP contribution in [0.5, 0.6) is 17.2 Å². The van der Waals surface area contributed by atoms with Crippen LogP contribution in [0.25, 0.3) is 5.76 Å². The van der Waals surface area contributed by atoms with Crippen LogP contribution in [0.1, 0.15) is 17.2 Å². The van der Waals surface area contributed by atoms with Crippen molar-refractivity contribution < 1.29 is 28.9 Å². The summed E-state index contributed by atoms with van der Waals surface area (Å²) in [6.07, 6.45) is 0. The molecule has 8 nitrogen and oxygen atoms in total. The summed E-state index contributed by atoms with van der Waals surface area (Å²) in [5, 5.41) is 11.9. The van der Waals surface area contributed by atoms with Crippen LogP contribution in [-0.2, 0) is 9.59 Å². The lowest BCUT2D eigenvalue weighted by molar-refractivity contribution is -0.132. The summed E-state index contributed by atoms with van der Waals surface area (Å²) in [5.41, 5.74) is 1.84. The molecule has 1 aliphatic rings. The van der Waals surface area contributed by atoms with Gasteiger partial charge in [0.25, 0.3) is 11.7 Å². The molecule has 3 aromatic carbocycles. The average Bonchev–Trinajstić information content (AvgIpc) is 3.17. The Bertz CT molecular complexity index is 1440. The van der Waals surface area contributed by atoms with Gasteiger partial charge < -0.3 is 24.2 Å². The van der Waals surface area contributed by atoms with Crippen LogP contribution in [0.15, 0.2) is 60.2 Å². The normalized spacial score (nSPS) is 16.5. The molecule has 1 heterocycles. The molecule has 1 N–H and O–H groups in total. The predicted molar refractivity (Wildman–Crippen MR) is 148 cm³/mol. The standard InChI is InChI=1S/C28H26Cl2N2O6/c1-31(2)17-8-6-15(7-9-17)24-23(25(33)19-12-16(29)13-20(30)27(19)38-5)26(34)28(35)32(24)18-10-11-21(36-3)22(14-18)37-4/h6-14,24,33H,1-5H3/b25-23+. The van der Waals surface area contributed by atoms with Gasteiger partial charge in [0.2, 0.25) is 0 Å². The maximum atomic E-state index is 13.5. The number of hydrogen-bond donors (Lipinski definition) is 1. The Morgan fingerprint density at radius 3 is 2.13 bits per heavy atom. The first kappa shape index (κ1) is 27.2. The van der Waals surface area contributed by atoms with Gasteiger partial charge in [-0.15, -0.1) is 0 Å². The van der Waals surface area contributed by atoms with Crippen molar-refractivity contribution in [3.05, 3.63) is 81.3 Å². The molecule has 0 aliphatic carbocycles. The molecular weight excluding hydrogens is 531 g/mol. The van der Waals surface area contributed by atoms with Crippen LogP contribution in [0.2, 0.25) is 10.0 Å². The molecule has 1 amide bonds. The third kappa shape index (κ3) is 4.73. The Kier molecular flexibility index (Phi) is 7.76. The maximum absolute atomic E-state index is 13.5. The number of amides is 1. The number of carbonyl (C=O) groups is 2. The van der Waals surface area contributed by atoms with Crippen LogP contribution in [0, 0.1) is 0 Å². The number of rotatable bonds is 7. The second-order valence-corrected chi connectivity index (χ2v) is 9.51. The summed E-state index contributed by atoms with van der Waals surface area (Å²) >= 11 is 12.5. The second kappa shape index (κ2) is 10.8. The lowest BCUT2D eigenvalue weighted by Gasteiger charge is -2.26. The van der Waals surface area contributed by atoms with E-state index in [9.17, 15) is 14.7 Å². The predicted octanol–water partition coefficient (Wildman–Crippen LogP) is 5.71. The van der Waals surface area contributed by atoms with Crippen LogP contribution < -0.4 is 24.0 Å². The number of nitrogens with zero attached hydrogens (tertiary/aromatic N) is 2. The Hall–Kier alpha value is -3.88. The number of Topliss-reactive ketones (excluding diaryl/α,β-unsaturated/α-hetero) is 1. The molecule has 10 heteroatoms. The number of carbonyl (C=O) groups excluding carboxylic acids is 2. The highest BCUT2D eigenvalue weighted by atomic mass is 35.5. The first-order valence-corrected chi connectivity index (χ1v) is 12.2. The highest BCUT2D eigenvalue weighted by Gasteiger charge is 2.47. The van der Waals surface area contributed by atoms with Gasteiger partial charge in [-0.3, -0.25) is 14.5 Å². The number of ether oxygens (including phenoxy) is 3. The van der Waals surface area contributed by atoms with E-state index in [4.69, 9.17) is 37.4 Å². The Labute approximate surface area is 230 Å². The smallest absolute Gasteiger partial charge is 0.300 e. The van der Waals surface area contributed by atoms with Gasteiger partial charge in [0, 0.05) is 36.6 Å². The molecule has 0 aromatic heterocycles. The van der Waals surface area contributed by atoms with Crippen LogP contribution in [-0.4, -0.2) is 52.2 Å². The molecule has 0 spiro atoms. The lowest BCUT2D eigenvalue weighted by atomic mass is 9.94. The van der Waals surface area contributed by atoms with E-state index in [0.29, 0.717) is 22.7 Å². The number of aliphatic hydroxyl groups excluding tert-OH is 1. The number of aliphatic hydroxyl groups is 1. The molecule has 1 fully saturated rings. The van der Waals surface area contributed by atoms with Gasteiger partial charge in [0.05, 0.1) is 43.5 Å². The van der Waals surface area contributed by atoms with Crippen molar-refractivity contribution in [2.75, 3.05) is 45.2 Å². The van der Waals surface area contributed by atoms with Crippen molar-refractivity contribution in [1.29, 1.82) is 0 Å². The summed E-state index contributed by atoms with van der Waals surface area (Å²) in [5.74, 6) is -1.22. The minimum atomic E-state index is -0.980. The van der Waals surface area contributed by atoms with E-state index in [1.165, 1.54) is 38.4 Å². The SMILES string of the molecule is COc1ccc(N2C(=O)C(=O)/C(=C(/O)c3cc(Cl)cc(Cl)c3OC)C2c2ccc(N(C)C)cc2)cc1OC. The number of benzene rings is 3. The molecule has 1 aliphatic heterocycles. The van der Waals surface area contributed by atoms with Gasteiger partial charge in [-0.25, -0.2) is 0 Å². The molecule has 38 heavy (non-hydrogen) atoms.